The van der Waals surface area contributed by atoms with Crippen LogP contribution in [0.3, 0.4) is 0 Å². The van der Waals surface area contributed by atoms with E-state index in [0.29, 0.717) is 35.5 Å². The molecule has 0 atom stereocenters. The standard InChI is InChI=1S/C19H20ClNO3/c20-19-14(13-21-8-1-2-9-21)4-3-5-17(19)24-15-6-7-16-18(12-15)23-11-10-22-16/h3-7,12H,1-2,8-11,13H2. The Morgan fingerprint density at radius 1 is 1.00 bits per heavy atom. The lowest BCUT2D eigenvalue weighted by molar-refractivity contribution is 0.171. The number of halogens is 1. The van der Waals surface area contributed by atoms with Crippen molar-refractivity contribution in [3.8, 4) is 23.0 Å². The minimum absolute atomic E-state index is 0.558. The summed E-state index contributed by atoms with van der Waals surface area (Å²) in [4.78, 5) is 2.43. The number of nitrogens with zero attached hydrogens (tertiary/aromatic N) is 1. The fraction of sp³-hybridized carbons (Fsp3) is 0.368. The van der Waals surface area contributed by atoms with Crippen molar-refractivity contribution in [2.45, 2.75) is 19.4 Å². The van der Waals surface area contributed by atoms with Crippen LogP contribution in [0, 0.1) is 0 Å². The highest BCUT2D eigenvalue weighted by molar-refractivity contribution is 6.32. The van der Waals surface area contributed by atoms with E-state index in [1.807, 2.05) is 30.3 Å². The maximum atomic E-state index is 6.57. The highest BCUT2D eigenvalue weighted by atomic mass is 35.5. The third kappa shape index (κ3) is 3.30. The van der Waals surface area contributed by atoms with Crippen LogP contribution in [-0.4, -0.2) is 31.2 Å². The highest BCUT2D eigenvalue weighted by Gasteiger charge is 2.17. The van der Waals surface area contributed by atoms with Gasteiger partial charge in [0.1, 0.15) is 24.7 Å². The van der Waals surface area contributed by atoms with Gasteiger partial charge < -0.3 is 14.2 Å². The molecule has 2 heterocycles. The molecule has 4 rings (SSSR count). The van der Waals surface area contributed by atoms with E-state index in [-0.39, 0.29) is 0 Å². The Bertz CT molecular complexity index is 729. The second kappa shape index (κ2) is 6.91. The zero-order valence-corrected chi connectivity index (χ0v) is 14.2. The Morgan fingerprint density at radius 2 is 1.79 bits per heavy atom. The van der Waals surface area contributed by atoms with Crippen LogP contribution in [0.2, 0.25) is 5.02 Å². The Labute approximate surface area is 146 Å². The summed E-state index contributed by atoms with van der Waals surface area (Å²) in [6, 6.07) is 11.5. The average Bonchev–Trinajstić information content (AvgIpc) is 3.11. The Kier molecular flexibility index (Phi) is 4.50. The molecule has 0 spiro atoms. The maximum Gasteiger partial charge on any atom is 0.165 e. The molecule has 0 aromatic heterocycles. The van der Waals surface area contributed by atoms with Gasteiger partial charge in [-0.1, -0.05) is 23.7 Å². The summed E-state index contributed by atoms with van der Waals surface area (Å²) in [6.07, 6.45) is 2.54. The second-order valence-corrected chi connectivity index (χ2v) is 6.50. The first kappa shape index (κ1) is 15.6. The summed E-state index contributed by atoms with van der Waals surface area (Å²) in [7, 11) is 0. The van der Waals surface area contributed by atoms with E-state index in [9.17, 15) is 0 Å². The van der Waals surface area contributed by atoms with Gasteiger partial charge in [0.25, 0.3) is 0 Å². The molecule has 2 aromatic carbocycles. The highest BCUT2D eigenvalue weighted by Crippen LogP contribution is 2.38. The van der Waals surface area contributed by atoms with E-state index in [4.69, 9.17) is 25.8 Å². The first-order valence-electron chi connectivity index (χ1n) is 8.37. The predicted molar refractivity (Wildman–Crippen MR) is 93.5 cm³/mol. The van der Waals surface area contributed by atoms with Gasteiger partial charge >= 0.3 is 0 Å². The number of hydrogen-bond donors (Lipinski definition) is 0. The number of ether oxygens (including phenoxy) is 3. The maximum absolute atomic E-state index is 6.57. The fourth-order valence-corrected chi connectivity index (χ4v) is 3.38. The smallest absolute Gasteiger partial charge is 0.165 e. The molecule has 1 saturated heterocycles. The largest absolute Gasteiger partial charge is 0.486 e. The molecule has 5 heteroatoms. The van der Waals surface area contributed by atoms with Gasteiger partial charge in [-0.15, -0.1) is 0 Å². The number of likely N-dealkylation sites (tertiary alicyclic amines) is 1. The molecule has 0 radical (unpaired) electrons. The minimum Gasteiger partial charge on any atom is -0.486 e. The van der Waals surface area contributed by atoms with Gasteiger partial charge in [-0.3, -0.25) is 4.90 Å². The molecule has 0 amide bonds. The van der Waals surface area contributed by atoms with Crippen molar-refractivity contribution in [2.24, 2.45) is 0 Å². The molecule has 0 unspecified atom stereocenters. The number of fused-ring (bicyclic) bond motifs is 1. The van der Waals surface area contributed by atoms with E-state index < -0.39 is 0 Å². The first-order chi connectivity index (χ1) is 11.8. The fourth-order valence-electron chi connectivity index (χ4n) is 3.15. The van der Waals surface area contributed by atoms with Crippen molar-refractivity contribution in [1.82, 2.24) is 4.90 Å². The van der Waals surface area contributed by atoms with Gasteiger partial charge in [0.15, 0.2) is 11.5 Å². The van der Waals surface area contributed by atoms with E-state index in [0.717, 1.165) is 30.9 Å². The molecule has 2 aliphatic heterocycles. The van der Waals surface area contributed by atoms with Gasteiger partial charge in [0.05, 0.1) is 5.02 Å². The summed E-state index contributed by atoms with van der Waals surface area (Å²) in [5, 5.41) is 0.680. The zero-order valence-electron chi connectivity index (χ0n) is 13.5. The summed E-state index contributed by atoms with van der Waals surface area (Å²) in [5.74, 6) is 2.83. The summed E-state index contributed by atoms with van der Waals surface area (Å²) >= 11 is 6.57. The lowest BCUT2D eigenvalue weighted by atomic mass is 10.2. The molecular weight excluding hydrogens is 326 g/mol. The van der Waals surface area contributed by atoms with Crippen molar-refractivity contribution in [1.29, 1.82) is 0 Å². The van der Waals surface area contributed by atoms with Crippen LogP contribution in [0.4, 0.5) is 0 Å². The Morgan fingerprint density at radius 3 is 2.62 bits per heavy atom. The van der Waals surface area contributed by atoms with Crippen molar-refractivity contribution in [3.63, 3.8) is 0 Å². The van der Waals surface area contributed by atoms with Crippen LogP contribution < -0.4 is 14.2 Å². The average molecular weight is 346 g/mol. The quantitative estimate of drug-likeness (QED) is 0.816. The molecule has 2 aliphatic rings. The van der Waals surface area contributed by atoms with Crippen molar-refractivity contribution in [2.75, 3.05) is 26.3 Å². The van der Waals surface area contributed by atoms with Crippen LogP contribution in [0.15, 0.2) is 36.4 Å². The van der Waals surface area contributed by atoms with E-state index in [1.54, 1.807) is 0 Å². The molecule has 0 N–H and O–H groups in total. The van der Waals surface area contributed by atoms with Crippen molar-refractivity contribution < 1.29 is 14.2 Å². The molecule has 126 valence electrons. The lowest BCUT2D eigenvalue weighted by Gasteiger charge is -2.19. The van der Waals surface area contributed by atoms with Crippen LogP contribution >= 0.6 is 11.6 Å². The molecule has 0 bridgehead atoms. The molecule has 24 heavy (non-hydrogen) atoms. The SMILES string of the molecule is Clc1c(CN2CCCC2)cccc1Oc1ccc2c(c1)OCCO2. The van der Waals surface area contributed by atoms with Gasteiger partial charge in [-0.2, -0.15) is 0 Å². The van der Waals surface area contributed by atoms with Crippen molar-refractivity contribution >= 4 is 11.6 Å². The second-order valence-electron chi connectivity index (χ2n) is 6.12. The van der Waals surface area contributed by atoms with Gasteiger partial charge in [-0.25, -0.2) is 0 Å². The first-order valence-corrected chi connectivity index (χ1v) is 8.75. The molecule has 2 aromatic rings. The summed E-state index contributed by atoms with van der Waals surface area (Å²) in [6.45, 7) is 4.30. The van der Waals surface area contributed by atoms with E-state index in [1.165, 1.54) is 12.8 Å². The third-order valence-corrected chi connectivity index (χ3v) is 4.81. The Hall–Kier alpha value is -1.91. The predicted octanol–water partition coefficient (Wildman–Crippen LogP) is 4.50. The van der Waals surface area contributed by atoms with Crippen LogP contribution in [-0.2, 0) is 6.54 Å². The zero-order chi connectivity index (χ0) is 16.4. The molecule has 1 fully saturated rings. The van der Waals surface area contributed by atoms with Crippen molar-refractivity contribution in [3.05, 3.63) is 47.0 Å². The minimum atomic E-state index is 0.558. The lowest BCUT2D eigenvalue weighted by Crippen LogP contribution is -2.18. The molecule has 0 aliphatic carbocycles. The van der Waals surface area contributed by atoms with E-state index in [2.05, 4.69) is 11.0 Å². The van der Waals surface area contributed by atoms with Crippen LogP contribution in [0.25, 0.3) is 0 Å². The topological polar surface area (TPSA) is 30.9 Å². The Balaban J connectivity index is 1.53. The molecule has 0 saturated carbocycles. The van der Waals surface area contributed by atoms with Crippen LogP contribution in [0.1, 0.15) is 18.4 Å². The molecule has 4 nitrogen and oxygen atoms in total. The summed E-state index contributed by atoms with van der Waals surface area (Å²) in [5.41, 5.74) is 1.11. The monoisotopic (exact) mass is 345 g/mol. The molecular formula is C19H20ClNO3. The number of benzene rings is 2. The van der Waals surface area contributed by atoms with Crippen LogP contribution in [0.5, 0.6) is 23.0 Å². The normalized spacial score (nSPS) is 17.0. The van der Waals surface area contributed by atoms with Gasteiger partial charge in [0.2, 0.25) is 0 Å². The summed E-state index contributed by atoms with van der Waals surface area (Å²) < 4.78 is 17.1. The number of hydrogen-bond acceptors (Lipinski definition) is 4. The third-order valence-electron chi connectivity index (χ3n) is 4.38. The van der Waals surface area contributed by atoms with E-state index >= 15 is 0 Å². The number of rotatable bonds is 4. The van der Waals surface area contributed by atoms with Gasteiger partial charge in [0, 0.05) is 12.6 Å². The van der Waals surface area contributed by atoms with Gasteiger partial charge in [-0.05, 0) is 49.7 Å².